The fourth-order valence-corrected chi connectivity index (χ4v) is 3.41. The molecule has 3 rings (SSSR count). The largest absolute Gasteiger partial charge is 0.497 e. The fourth-order valence-electron chi connectivity index (χ4n) is 3.41. The molecule has 1 heterocycles. The molecule has 1 aliphatic heterocycles. The number of carbonyl (C=O) groups excluding carboxylic acids is 1. The van der Waals surface area contributed by atoms with E-state index in [1.807, 2.05) is 23.1 Å². The van der Waals surface area contributed by atoms with Crippen LogP contribution in [0.3, 0.4) is 0 Å². The van der Waals surface area contributed by atoms with E-state index < -0.39 is 0 Å². The van der Waals surface area contributed by atoms with Gasteiger partial charge in [0.25, 0.3) is 0 Å². The molecule has 0 atom stereocenters. The summed E-state index contributed by atoms with van der Waals surface area (Å²) in [5.74, 6) is 3.03. The highest BCUT2D eigenvalue weighted by Gasteiger charge is 2.23. The zero-order chi connectivity index (χ0) is 20.6. The highest BCUT2D eigenvalue weighted by atomic mass is 79.9. The topological polar surface area (TPSA) is 60.4 Å². The average Bonchev–Trinajstić information content (AvgIpc) is 3.06. The van der Waals surface area contributed by atoms with Crippen LogP contribution in [0.1, 0.15) is 36.0 Å². The molecule has 0 bridgehead atoms. The van der Waals surface area contributed by atoms with Gasteiger partial charge >= 0.3 is 0 Å². The van der Waals surface area contributed by atoms with Gasteiger partial charge in [0.1, 0.15) is 23.1 Å². The molecule has 0 aromatic heterocycles. The highest BCUT2D eigenvalue weighted by molar-refractivity contribution is 8.93. The Morgan fingerprint density at radius 2 is 1.63 bits per heavy atom. The van der Waals surface area contributed by atoms with Gasteiger partial charge in [0.2, 0.25) is 0 Å². The summed E-state index contributed by atoms with van der Waals surface area (Å²) >= 11 is 0. The molecule has 1 aliphatic rings. The summed E-state index contributed by atoms with van der Waals surface area (Å²) in [6.45, 7) is 0.948. The Bertz CT molecular complexity index is 868. The molecule has 0 amide bonds. The van der Waals surface area contributed by atoms with E-state index >= 15 is 0 Å². The first kappa shape index (κ1) is 23.7. The lowest BCUT2D eigenvalue weighted by Gasteiger charge is -2.27. The minimum atomic E-state index is 0. The predicted octanol–water partition coefficient (Wildman–Crippen LogP) is 4.95. The molecule has 0 aliphatic carbocycles. The second-order valence-corrected chi connectivity index (χ2v) is 6.88. The Morgan fingerprint density at radius 3 is 2.30 bits per heavy atom. The summed E-state index contributed by atoms with van der Waals surface area (Å²) < 4.78 is 16.2. The van der Waals surface area contributed by atoms with Crippen molar-refractivity contribution in [3.8, 4) is 17.2 Å². The fraction of sp³-hybridized carbons (Fsp3) is 0.391. The summed E-state index contributed by atoms with van der Waals surface area (Å²) in [6, 6.07) is 12.8. The van der Waals surface area contributed by atoms with Crippen LogP contribution in [-0.4, -0.2) is 46.0 Å². The van der Waals surface area contributed by atoms with Crippen LogP contribution in [0.25, 0.3) is 0 Å². The number of aliphatic imine (C=N–C) groups is 1. The summed E-state index contributed by atoms with van der Waals surface area (Å²) in [5, 5.41) is 0. The van der Waals surface area contributed by atoms with Crippen LogP contribution >= 0.6 is 17.0 Å². The third-order valence-corrected chi connectivity index (χ3v) is 5.05. The zero-order valence-electron chi connectivity index (χ0n) is 17.7. The number of methoxy groups -OCH3 is 3. The van der Waals surface area contributed by atoms with Gasteiger partial charge in [-0.15, -0.1) is 17.0 Å². The third-order valence-electron chi connectivity index (χ3n) is 5.05. The van der Waals surface area contributed by atoms with Gasteiger partial charge < -0.3 is 19.1 Å². The van der Waals surface area contributed by atoms with E-state index in [0.29, 0.717) is 17.1 Å². The molecule has 0 saturated heterocycles. The van der Waals surface area contributed by atoms with Crippen LogP contribution in [0.15, 0.2) is 47.5 Å². The van der Waals surface area contributed by atoms with Crippen LogP contribution in [0.4, 0.5) is 5.69 Å². The lowest BCUT2D eigenvalue weighted by molar-refractivity contribution is 0.100. The minimum Gasteiger partial charge on any atom is -0.497 e. The van der Waals surface area contributed by atoms with Crippen molar-refractivity contribution in [3.63, 3.8) is 0 Å². The summed E-state index contributed by atoms with van der Waals surface area (Å²) in [5.41, 5.74) is 1.42. The maximum atomic E-state index is 13.1. The first-order valence-electron chi connectivity index (χ1n) is 9.86. The summed E-state index contributed by atoms with van der Waals surface area (Å²) in [6.07, 6.45) is 4.09. The molecule has 0 spiro atoms. The molecule has 162 valence electrons. The van der Waals surface area contributed by atoms with Crippen molar-refractivity contribution in [3.05, 3.63) is 48.0 Å². The molecule has 0 N–H and O–H groups in total. The lowest BCUT2D eigenvalue weighted by atomic mass is 10.1. The number of ketones is 1. The molecule has 30 heavy (non-hydrogen) atoms. The van der Waals surface area contributed by atoms with Crippen LogP contribution in [0.2, 0.25) is 0 Å². The second-order valence-electron chi connectivity index (χ2n) is 6.88. The van der Waals surface area contributed by atoms with Crippen LogP contribution < -0.4 is 19.1 Å². The number of nitrogens with zero attached hydrogens (tertiary/aromatic N) is 2. The third kappa shape index (κ3) is 5.75. The number of hydrogen-bond donors (Lipinski definition) is 0. The number of amidine groups is 1. The number of rotatable bonds is 7. The van der Waals surface area contributed by atoms with Crippen LogP contribution in [0.5, 0.6) is 17.2 Å². The van der Waals surface area contributed by atoms with E-state index in [-0.39, 0.29) is 29.3 Å². The average molecular weight is 477 g/mol. The van der Waals surface area contributed by atoms with Crippen molar-refractivity contribution in [1.82, 2.24) is 0 Å². The van der Waals surface area contributed by atoms with Crippen LogP contribution in [0, 0.1) is 0 Å². The van der Waals surface area contributed by atoms with E-state index in [4.69, 9.17) is 19.2 Å². The molecular formula is C23H29BrN2O4. The van der Waals surface area contributed by atoms with Crippen LogP contribution in [-0.2, 0) is 0 Å². The molecule has 7 heteroatoms. The van der Waals surface area contributed by atoms with E-state index in [0.717, 1.165) is 49.5 Å². The minimum absolute atomic E-state index is 0. The number of benzene rings is 2. The molecule has 0 fully saturated rings. The van der Waals surface area contributed by atoms with Crippen molar-refractivity contribution < 1.29 is 19.0 Å². The Morgan fingerprint density at radius 1 is 0.933 bits per heavy atom. The smallest absolute Gasteiger partial charge is 0.182 e. The number of hydrogen-bond acceptors (Lipinski definition) is 6. The van der Waals surface area contributed by atoms with Crippen molar-refractivity contribution in [1.29, 1.82) is 0 Å². The quantitative estimate of drug-likeness (QED) is 0.528. The SMILES string of the molecule is Br.COc1ccc(C(=O)CN(C2=NCCCCC2)c2cc(OC)ccc2OC)cc1. The van der Waals surface area contributed by atoms with Gasteiger partial charge in [0, 0.05) is 24.6 Å². The van der Waals surface area contributed by atoms with Crippen molar-refractivity contribution >= 4 is 34.3 Å². The maximum Gasteiger partial charge on any atom is 0.182 e. The Hall–Kier alpha value is -2.54. The second kappa shape index (κ2) is 11.6. The Labute approximate surface area is 188 Å². The molecule has 2 aromatic carbocycles. The lowest BCUT2D eigenvalue weighted by Crippen LogP contribution is -2.36. The van der Waals surface area contributed by atoms with Gasteiger partial charge in [-0.1, -0.05) is 6.42 Å². The number of anilines is 1. The van der Waals surface area contributed by atoms with Gasteiger partial charge in [-0.2, -0.15) is 0 Å². The standard InChI is InChI=1S/C23H28N2O4.BrH/c1-27-18-10-8-17(9-11-18)21(26)16-25(23-7-5-4-6-14-24-23)20-15-19(28-2)12-13-22(20)29-3;/h8-13,15H,4-7,14,16H2,1-3H3;1H. The number of halogens is 1. The first-order chi connectivity index (χ1) is 14.2. The van der Waals surface area contributed by atoms with Crippen molar-refractivity contribution in [2.45, 2.75) is 25.7 Å². The molecular weight excluding hydrogens is 448 g/mol. The number of ether oxygens (including phenoxy) is 3. The van der Waals surface area contributed by atoms with E-state index in [9.17, 15) is 4.79 Å². The Balaban J connectivity index is 0.00000320. The number of carbonyl (C=O) groups is 1. The van der Waals surface area contributed by atoms with Gasteiger partial charge in [0.15, 0.2) is 5.78 Å². The first-order valence-corrected chi connectivity index (χ1v) is 9.86. The monoisotopic (exact) mass is 476 g/mol. The summed E-state index contributed by atoms with van der Waals surface area (Å²) in [4.78, 5) is 19.9. The summed E-state index contributed by atoms with van der Waals surface area (Å²) in [7, 11) is 4.86. The number of Topliss-reactive ketones (excluding diaryl/α,β-unsaturated/α-hetero) is 1. The molecule has 0 radical (unpaired) electrons. The highest BCUT2D eigenvalue weighted by Crippen LogP contribution is 2.34. The van der Waals surface area contributed by atoms with Gasteiger partial charge in [0.05, 0.1) is 33.6 Å². The molecule has 0 unspecified atom stereocenters. The Kier molecular flexibility index (Phi) is 9.17. The predicted molar refractivity (Wildman–Crippen MR) is 125 cm³/mol. The van der Waals surface area contributed by atoms with Gasteiger partial charge in [-0.3, -0.25) is 9.79 Å². The zero-order valence-corrected chi connectivity index (χ0v) is 19.4. The normalized spacial score (nSPS) is 13.4. The molecule has 6 nitrogen and oxygen atoms in total. The maximum absolute atomic E-state index is 13.1. The molecule has 2 aromatic rings. The van der Waals surface area contributed by atoms with Crippen molar-refractivity contribution in [2.75, 3.05) is 39.3 Å². The molecule has 0 saturated carbocycles. The van der Waals surface area contributed by atoms with Gasteiger partial charge in [-0.25, -0.2) is 0 Å². The van der Waals surface area contributed by atoms with E-state index in [1.165, 1.54) is 0 Å². The van der Waals surface area contributed by atoms with Crippen molar-refractivity contribution in [2.24, 2.45) is 4.99 Å². The van der Waals surface area contributed by atoms with E-state index in [2.05, 4.69) is 0 Å². The van der Waals surface area contributed by atoms with Gasteiger partial charge in [-0.05, 0) is 49.2 Å². The van der Waals surface area contributed by atoms with E-state index in [1.54, 1.807) is 45.6 Å².